The van der Waals surface area contributed by atoms with Crippen molar-refractivity contribution in [3.05, 3.63) is 0 Å². The van der Waals surface area contributed by atoms with Gasteiger partial charge in [-0.3, -0.25) is 4.79 Å². The average Bonchev–Trinajstić information content (AvgIpc) is 2.85. The molecule has 16 heavy (non-hydrogen) atoms. The molecule has 2 fully saturated rings. The summed E-state index contributed by atoms with van der Waals surface area (Å²) in [4.78, 5) is 11.8. The van der Waals surface area contributed by atoms with Gasteiger partial charge in [0.1, 0.15) is 0 Å². The first-order valence-corrected chi connectivity index (χ1v) is 6.45. The van der Waals surface area contributed by atoms with E-state index >= 15 is 0 Å². The number of carbonyl (C=O) groups is 1. The van der Waals surface area contributed by atoms with E-state index in [1.54, 1.807) is 0 Å². The molecule has 0 aromatic rings. The predicted molar refractivity (Wildman–Crippen MR) is 62.9 cm³/mol. The Kier molecular flexibility index (Phi) is 3.24. The summed E-state index contributed by atoms with van der Waals surface area (Å²) in [7, 11) is 0. The van der Waals surface area contributed by atoms with Gasteiger partial charge >= 0.3 is 0 Å². The van der Waals surface area contributed by atoms with Gasteiger partial charge in [-0.1, -0.05) is 20.3 Å². The number of aliphatic hydroxyl groups is 1. The second-order valence-corrected chi connectivity index (χ2v) is 6.18. The highest BCUT2D eigenvalue weighted by Gasteiger charge is 2.50. The van der Waals surface area contributed by atoms with Crippen LogP contribution in [0, 0.1) is 17.3 Å². The van der Waals surface area contributed by atoms with Gasteiger partial charge < -0.3 is 10.4 Å². The van der Waals surface area contributed by atoms with Crippen LogP contribution in [0.25, 0.3) is 0 Å². The normalized spacial score (nSPS) is 36.8. The molecule has 2 N–H and O–H groups in total. The molecule has 3 atom stereocenters. The Balaban J connectivity index is 1.69. The van der Waals surface area contributed by atoms with Gasteiger partial charge in [0.25, 0.3) is 0 Å². The summed E-state index contributed by atoms with van der Waals surface area (Å²) in [6.07, 6.45) is 4.90. The highest BCUT2D eigenvalue weighted by atomic mass is 16.3. The van der Waals surface area contributed by atoms with Gasteiger partial charge in [0.2, 0.25) is 5.91 Å². The van der Waals surface area contributed by atoms with Gasteiger partial charge in [0.05, 0.1) is 6.10 Å². The fraction of sp³-hybridized carbons (Fsp3) is 0.923. The number of hydrogen-bond donors (Lipinski definition) is 2. The number of amides is 1. The molecule has 0 saturated heterocycles. The maximum atomic E-state index is 11.8. The molecule has 2 aliphatic carbocycles. The van der Waals surface area contributed by atoms with Crippen LogP contribution in [0.4, 0.5) is 0 Å². The Labute approximate surface area is 97.6 Å². The third kappa shape index (κ3) is 2.76. The summed E-state index contributed by atoms with van der Waals surface area (Å²) in [5.74, 6) is 0.917. The molecule has 0 bridgehead atoms. The second-order valence-electron chi connectivity index (χ2n) is 6.18. The number of nitrogens with one attached hydrogen (secondary N) is 1. The Bertz CT molecular complexity index is 275. The topological polar surface area (TPSA) is 49.3 Å². The minimum absolute atomic E-state index is 0.145. The number of rotatable bonds is 3. The van der Waals surface area contributed by atoms with Gasteiger partial charge in [-0.2, -0.15) is 0 Å². The molecule has 2 rings (SSSR count). The average molecular weight is 225 g/mol. The Morgan fingerprint density at radius 1 is 1.44 bits per heavy atom. The zero-order valence-electron chi connectivity index (χ0n) is 10.3. The highest BCUT2D eigenvalue weighted by molar-refractivity contribution is 5.82. The predicted octanol–water partition coefficient (Wildman–Crippen LogP) is 1.70. The Hall–Kier alpha value is -0.570. The lowest BCUT2D eigenvalue weighted by Crippen LogP contribution is -2.34. The number of aliphatic hydroxyl groups excluding tert-OH is 1. The van der Waals surface area contributed by atoms with E-state index in [9.17, 15) is 9.90 Å². The quantitative estimate of drug-likeness (QED) is 0.768. The number of hydrogen-bond acceptors (Lipinski definition) is 2. The van der Waals surface area contributed by atoms with Crippen LogP contribution in [-0.2, 0) is 4.79 Å². The molecule has 1 amide bonds. The molecule has 0 radical (unpaired) electrons. The van der Waals surface area contributed by atoms with Crippen molar-refractivity contribution in [1.29, 1.82) is 0 Å². The summed E-state index contributed by atoms with van der Waals surface area (Å²) < 4.78 is 0. The van der Waals surface area contributed by atoms with E-state index in [-0.39, 0.29) is 23.3 Å². The summed E-state index contributed by atoms with van der Waals surface area (Å²) in [6.45, 7) is 5.03. The van der Waals surface area contributed by atoms with Crippen LogP contribution >= 0.6 is 0 Å². The van der Waals surface area contributed by atoms with Crippen LogP contribution in [0.5, 0.6) is 0 Å². The first-order valence-electron chi connectivity index (χ1n) is 6.45. The van der Waals surface area contributed by atoms with Crippen LogP contribution in [0.1, 0.15) is 46.0 Å². The van der Waals surface area contributed by atoms with Crippen molar-refractivity contribution in [1.82, 2.24) is 5.32 Å². The maximum absolute atomic E-state index is 11.8. The Morgan fingerprint density at radius 2 is 2.12 bits per heavy atom. The minimum Gasteiger partial charge on any atom is -0.393 e. The summed E-state index contributed by atoms with van der Waals surface area (Å²) in [5.41, 5.74) is 0.218. The van der Waals surface area contributed by atoms with Crippen molar-refractivity contribution in [3.8, 4) is 0 Å². The van der Waals surface area contributed by atoms with Crippen molar-refractivity contribution in [2.24, 2.45) is 17.3 Å². The standard InChI is InChI=1S/C13H23NO2/c1-13(2)7-11(13)12(16)14-8-9-4-3-5-10(15)6-9/h9-11,15H,3-8H2,1-2H3,(H,14,16). The molecule has 0 heterocycles. The van der Waals surface area contributed by atoms with Crippen molar-refractivity contribution in [2.75, 3.05) is 6.54 Å². The summed E-state index contributed by atoms with van der Waals surface area (Å²) in [6, 6.07) is 0. The molecule has 2 saturated carbocycles. The monoisotopic (exact) mass is 225 g/mol. The largest absolute Gasteiger partial charge is 0.393 e. The Morgan fingerprint density at radius 3 is 2.69 bits per heavy atom. The molecule has 3 heteroatoms. The maximum Gasteiger partial charge on any atom is 0.223 e. The van der Waals surface area contributed by atoms with Gasteiger partial charge in [0.15, 0.2) is 0 Å². The molecular formula is C13H23NO2. The minimum atomic E-state index is -0.145. The van der Waals surface area contributed by atoms with Crippen molar-refractivity contribution in [3.63, 3.8) is 0 Å². The van der Waals surface area contributed by atoms with Crippen LogP contribution in [0.15, 0.2) is 0 Å². The van der Waals surface area contributed by atoms with E-state index in [1.807, 2.05) is 0 Å². The lowest BCUT2D eigenvalue weighted by molar-refractivity contribution is -0.123. The van der Waals surface area contributed by atoms with E-state index in [0.717, 1.165) is 38.6 Å². The van der Waals surface area contributed by atoms with Crippen LogP contribution in [-0.4, -0.2) is 23.7 Å². The van der Waals surface area contributed by atoms with E-state index in [2.05, 4.69) is 19.2 Å². The van der Waals surface area contributed by atoms with Crippen LogP contribution < -0.4 is 5.32 Å². The lowest BCUT2D eigenvalue weighted by Gasteiger charge is -2.26. The number of carbonyl (C=O) groups excluding carboxylic acids is 1. The van der Waals surface area contributed by atoms with Crippen LogP contribution in [0.3, 0.4) is 0 Å². The smallest absolute Gasteiger partial charge is 0.223 e. The molecule has 3 nitrogen and oxygen atoms in total. The molecule has 0 aromatic carbocycles. The molecule has 0 aliphatic heterocycles. The third-order valence-electron chi connectivity index (χ3n) is 4.15. The fourth-order valence-corrected chi connectivity index (χ4v) is 2.73. The molecule has 92 valence electrons. The zero-order valence-corrected chi connectivity index (χ0v) is 10.3. The fourth-order valence-electron chi connectivity index (χ4n) is 2.73. The molecule has 3 unspecified atom stereocenters. The third-order valence-corrected chi connectivity index (χ3v) is 4.15. The van der Waals surface area contributed by atoms with E-state index in [1.165, 1.54) is 0 Å². The van der Waals surface area contributed by atoms with Gasteiger partial charge in [-0.25, -0.2) is 0 Å². The summed E-state index contributed by atoms with van der Waals surface area (Å²) in [5, 5.41) is 12.6. The van der Waals surface area contributed by atoms with Crippen molar-refractivity contribution in [2.45, 2.75) is 52.1 Å². The zero-order chi connectivity index (χ0) is 11.8. The molecular weight excluding hydrogens is 202 g/mol. The first kappa shape index (κ1) is 11.9. The van der Waals surface area contributed by atoms with Crippen molar-refractivity contribution < 1.29 is 9.90 Å². The van der Waals surface area contributed by atoms with Gasteiger partial charge in [-0.05, 0) is 37.0 Å². The van der Waals surface area contributed by atoms with E-state index < -0.39 is 0 Å². The van der Waals surface area contributed by atoms with Gasteiger partial charge in [-0.15, -0.1) is 0 Å². The first-order chi connectivity index (χ1) is 7.49. The van der Waals surface area contributed by atoms with E-state index in [0.29, 0.717) is 5.92 Å². The van der Waals surface area contributed by atoms with E-state index in [4.69, 9.17) is 0 Å². The molecule has 0 aromatic heterocycles. The van der Waals surface area contributed by atoms with Crippen LogP contribution in [0.2, 0.25) is 0 Å². The van der Waals surface area contributed by atoms with Gasteiger partial charge in [0, 0.05) is 12.5 Å². The highest BCUT2D eigenvalue weighted by Crippen LogP contribution is 2.51. The lowest BCUT2D eigenvalue weighted by atomic mass is 9.87. The SMILES string of the molecule is CC1(C)CC1C(=O)NCC1CCCC(O)C1. The molecule has 0 spiro atoms. The second kappa shape index (κ2) is 4.36. The van der Waals surface area contributed by atoms with Crippen molar-refractivity contribution >= 4 is 5.91 Å². The summed E-state index contributed by atoms with van der Waals surface area (Å²) >= 11 is 0. The molecule has 2 aliphatic rings.